The molecule has 4 fully saturated rings. The third kappa shape index (κ3) is 7.63. The fourth-order valence-corrected chi connectivity index (χ4v) is 9.16. The third-order valence-electron chi connectivity index (χ3n) is 12.3. The van der Waals surface area contributed by atoms with Gasteiger partial charge in [-0.25, -0.2) is 0 Å². The van der Waals surface area contributed by atoms with Crippen molar-refractivity contribution in [2.24, 2.45) is 23.7 Å². The minimum absolute atomic E-state index is 0.0260. The Balaban J connectivity index is 1.39. The molecule has 1 spiro atoms. The van der Waals surface area contributed by atoms with Crippen molar-refractivity contribution < 1.29 is 58.4 Å². The topological polar surface area (TPSA) is 163 Å². The van der Waals surface area contributed by atoms with Crippen LogP contribution in [0.2, 0.25) is 0 Å². The summed E-state index contributed by atoms with van der Waals surface area (Å²) in [5.41, 5.74) is 0.0696. The highest BCUT2D eigenvalue weighted by molar-refractivity contribution is 5.78. The number of hydrogen-bond acceptors (Lipinski definition) is 12. The zero-order chi connectivity index (χ0) is 37.7. The highest BCUT2D eigenvalue weighted by atomic mass is 16.7. The number of methoxy groups -OCH3 is 1. The molecule has 4 N–H and O–H groups in total. The highest BCUT2D eigenvalue weighted by Crippen LogP contribution is 2.48. The van der Waals surface area contributed by atoms with Crippen molar-refractivity contribution in [2.45, 2.75) is 159 Å². The summed E-state index contributed by atoms with van der Waals surface area (Å²) in [6, 6.07) is 0. The van der Waals surface area contributed by atoms with E-state index in [0.29, 0.717) is 30.4 Å². The Morgan fingerprint density at radius 2 is 1.75 bits per heavy atom. The molecule has 6 rings (SSSR count). The van der Waals surface area contributed by atoms with Crippen molar-refractivity contribution in [3.8, 4) is 0 Å². The Kier molecular flexibility index (Phi) is 11.9. The number of carbonyl (C=O) groups excluding carboxylic acids is 1. The van der Waals surface area contributed by atoms with Crippen LogP contribution >= 0.6 is 0 Å². The number of rotatable bonds is 4. The molecule has 5 aliphatic heterocycles. The lowest BCUT2D eigenvalue weighted by atomic mass is 9.71. The van der Waals surface area contributed by atoms with Gasteiger partial charge in [0.05, 0.1) is 43.2 Å². The summed E-state index contributed by atoms with van der Waals surface area (Å²) in [5.74, 6) is -3.12. The minimum Gasteiger partial charge on any atom is -0.462 e. The fraction of sp³-hybridized carbons (Fsp3) is 0.775. The van der Waals surface area contributed by atoms with Crippen LogP contribution in [0.1, 0.15) is 80.6 Å². The van der Waals surface area contributed by atoms with Gasteiger partial charge in [-0.1, -0.05) is 58.1 Å². The van der Waals surface area contributed by atoms with E-state index in [0.717, 1.165) is 5.57 Å². The zero-order valence-electron chi connectivity index (χ0n) is 31.8. The average Bonchev–Trinajstić information content (AvgIpc) is 3.43. The van der Waals surface area contributed by atoms with E-state index in [-0.39, 0.29) is 43.3 Å². The summed E-state index contributed by atoms with van der Waals surface area (Å²) >= 11 is 0. The largest absolute Gasteiger partial charge is 0.462 e. The molecule has 12 nitrogen and oxygen atoms in total. The van der Waals surface area contributed by atoms with Crippen molar-refractivity contribution in [1.29, 1.82) is 0 Å². The van der Waals surface area contributed by atoms with Crippen LogP contribution in [0.5, 0.6) is 0 Å². The van der Waals surface area contributed by atoms with Crippen LogP contribution in [-0.4, -0.2) is 119 Å². The van der Waals surface area contributed by atoms with Gasteiger partial charge in [-0.3, -0.25) is 4.79 Å². The maximum Gasteiger partial charge on any atom is 0.316 e. The van der Waals surface area contributed by atoms with Gasteiger partial charge in [0, 0.05) is 44.6 Å². The molecule has 5 unspecified atom stereocenters. The lowest BCUT2D eigenvalue weighted by molar-refractivity contribution is -0.353. The van der Waals surface area contributed by atoms with Gasteiger partial charge in [0.2, 0.25) is 0 Å². The summed E-state index contributed by atoms with van der Waals surface area (Å²) in [6.07, 6.45) is 3.88. The van der Waals surface area contributed by atoms with E-state index in [4.69, 9.17) is 33.2 Å². The van der Waals surface area contributed by atoms with Crippen LogP contribution in [0.25, 0.3) is 0 Å². The standard InChI is InChI=1S/C40H60O12/c1-20(2)35-24(6)30(41)18-39(52-35)17-28-15-27(51-39)13-12-22(4)36(50-32-16-31(46-8)34(43)25(7)48-32)21(3)10-9-11-26-19-47-37-33(42)23(5)14-29(38(44)49-28)40(26,37)45/h9-12,14,20-21,24-25,27-37,41-43,45H,13,15-19H2,1-8H3/b10-9+,22-12+,26-11+/t21-,24-,25?,27+,28-,29-,30?,31?,32?,33+,34?,35+,36-,37+,39-,40+/m0/s1. The number of hydrogen-bond donors (Lipinski definition) is 4. The molecule has 0 amide bonds. The Morgan fingerprint density at radius 3 is 2.46 bits per heavy atom. The first kappa shape index (κ1) is 39.7. The van der Waals surface area contributed by atoms with Gasteiger partial charge in [0.25, 0.3) is 0 Å². The van der Waals surface area contributed by atoms with E-state index in [1.807, 2.05) is 32.9 Å². The van der Waals surface area contributed by atoms with Crippen LogP contribution in [0.15, 0.2) is 47.1 Å². The van der Waals surface area contributed by atoms with Crippen LogP contribution in [0.4, 0.5) is 0 Å². The minimum atomic E-state index is -1.84. The van der Waals surface area contributed by atoms with Gasteiger partial charge in [-0.15, -0.1) is 0 Å². The Morgan fingerprint density at radius 1 is 1.00 bits per heavy atom. The van der Waals surface area contributed by atoms with Gasteiger partial charge in [0.1, 0.15) is 35.9 Å². The third-order valence-corrected chi connectivity index (χ3v) is 12.3. The van der Waals surface area contributed by atoms with E-state index in [1.54, 1.807) is 33.1 Å². The van der Waals surface area contributed by atoms with Crippen LogP contribution in [-0.2, 0) is 38.0 Å². The number of aliphatic hydroxyl groups excluding tert-OH is 3. The van der Waals surface area contributed by atoms with Crippen molar-refractivity contribution in [2.75, 3.05) is 13.7 Å². The number of ether oxygens (including phenoxy) is 7. The Hall–Kier alpha value is -1.97. The molecule has 0 aromatic rings. The number of aliphatic hydroxyl groups is 4. The number of esters is 1. The van der Waals surface area contributed by atoms with E-state index in [9.17, 15) is 25.2 Å². The van der Waals surface area contributed by atoms with Gasteiger partial charge < -0.3 is 53.6 Å². The molecule has 292 valence electrons. The smallest absolute Gasteiger partial charge is 0.316 e. The number of carbonyl (C=O) groups is 1. The first-order chi connectivity index (χ1) is 24.6. The summed E-state index contributed by atoms with van der Waals surface area (Å²) in [5, 5.41) is 45.3. The van der Waals surface area contributed by atoms with Crippen molar-refractivity contribution in [3.63, 3.8) is 0 Å². The second-order valence-electron chi connectivity index (χ2n) is 16.4. The maximum absolute atomic E-state index is 14.2. The summed E-state index contributed by atoms with van der Waals surface area (Å²) in [6.45, 7) is 13.7. The molecule has 16 atom stereocenters. The molecule has 12 heteroatoms. The molecular formula is C40H60O12. The Bertz CT molecular complexity index is 1420. The van der Waals surface area contributed by atoms with Crippen molar-refractivity contribution in [1.82, 2.24) is 0 Å². The fourth-order valence-electron chi connectivity index (χ4n) is 9.16. The van der Waals surface area contributed by atoms with Crippen molar-refractivity contribution in [3.05, 3.63) is 47.1 Å². The Labute approximate surface area is 307 Å². The molecule has 5 heterocycles. The van der Waals surface area contributed by atoms with Gasteiger partial charge in [-0.05, 0) is 49.8 Å². The highest BCUT2D eigenvalue weighted by Gasteiger charge is 2.60. The van der Waals surface area contributed by atoms with Crippen LogP contribution in [0, 0.1) is 23.7 Å². The zero-order valence-corrected chi connectivity index (χ0v) is 31.8. The molecule has 0 saturated carbocycles. The SMILES string of the molecule is COC1CC(O[C@@H]2/C(C)=C/C[C@@H]3C[C@@H](C[C@]4(CC(O)[C@H](C)[C@@H](C(C)C)O4)O3)OC(=O)[C@@H]3C=C(C)[C@@H](O)[C@H]4OC/C(=C\C=C\[C@@H]2C)[C@]43O)OC(C)C1O. The van der Waals surface area contributed by atoms with E-state index < -0.39 is 84.5 Å². The quantitative estimate of drug-likeness (QED) is 0.246. The van der Waals surface area contributed by atoms with E-state index in [1.165, 1.54) is 0 Å². The molecule has 0 radical (unpaired) electrons. The molecule has 0 aromatic heterocycles. The molecule has 2 bridgehead atoms. The van der Waals surface area contributed by atoms with Gasteiger partial charge in [-0.2, -0.15) is 0 Å². The first-order valence-corrected chi connectivity index (χ1v) is 19.1. The number of fused-ring (bicyclic) bond motifs is 2. The normalized spacial score (nSPS) is 50.0. The molecule has 0 aromatic carbocycles. The molecule has 6 aliphatic rings. The van der Waals surface area contributed by atoms with Gasteiger partial charge in [0.15, 0.2) is 12.1 Å². The van der Waals surface area contributed by atoms with E-state index in [2.05, 4.69) is 19.9 Å². The van der Waals surface area contributed by atoms with Gasteiger partial charge >= 0.3 is 5.97 Å². The maximum atomic E-state index is 14.2. The summed E-state index contributed by atoms with van der Waals surface area (Å²) < 4.78 is 44.1. The predicted molar refractivity (Wildman–Crippen MR) is 190 cm³/mol. The molecule has 1 aliphatic carbocycles. The van der Waals surface area contributed by atoms with Crippen LogP contribution in [0.3, 0.4) is 0 Å². The molecule has 4 saturated heterocycles. The lowest BCUT2D eigenvalue weighted by Gasteiger charge is -2.52. The average molecular weight is 733 g/mol. The van der Waals surface area contributed by atoms with E-state index >= 15 is 0 Å². The summed E-state index contributed by atoms with van der Waals surface area (Å²) in [4.78, 5) is 14.2. The van der Waals surface area contributed by atoms with Crippen LogP contribution < -0.4 is 0 Å². The molecule has 52 heavy (non-hydrogen) atoms. The predicted octanol–water partition coefficient (Wildman–Crippen LogP) is 3.65. The second-order valence-corrected chi connectivity index (χ2v) is 16.4. The second kappa shape index (κ2) is 15.6. The molecular weight excluding hydrogens is 672 g/mol. The lowest BCUT2D eigenvalue weighted by Crippen LogP contribution is -2.60. The first-order valence-electron chi connectivity index (χ1n) is 19.1. The summed E-state index contributed by atoms with van der Waals surface area (Å²) in [7, 11) is 1.57. The monoisotopic (exact) mass is 732 g/mol. The number of allylic oxidation sites excluding steroid dienone is 2. The van der Waals surface area contributed by atoms with Crippen molar-refractivity contribution >= 4 is 5.97 Å².